The normalized spacial score (nSPS) is 12.4. The number of unbranched alkanes of at least 4 members (excludes halogenated alkanes) is 2. The summed E-state index contributed by atoms with van der Waals surface area (Å²) in [5.41, 5.74) is 1.14. The van der Waals surface area contributed by atoms with E-state index in [1.54, 1.807) is 0 Å². The van der Waals surface area contributed by atoms with E-state index in [4.69, 9.17) is 4.74 Å². The molecule has 0 amide bonds. The van der Waals surface area contributed by atoms with Gasteiger partial charge in [0, 0.05) is 12.3 Å². The first-order chi connectivity index (χ1) is 7.86. The van der Waals surface area contributed by atoms with Crippen LogP contribution in [-0.2, 0) is 4.74 Å². The molecule has 0 spiro atoms. The molecule has 2 nitrogen and oxygen atoms in total. The Morgan fingerprint density at radius 2 is 1.88 bits per heavy atom. The number of hydrogen-bond acceptors (Lipinski definition) is 2. The van der Waals surface area contributed by atoms with Crippen LogP contribution >= 0.6 is 0 Å². The van der Waals surface area contributed by atoms with Crippen molar-refractivity contribution in [1.29, 1.82) is 0 Å². The van der Waals surface area contributed by atoms with Crippen LogP contribution in [-0.4, -0.2) is 12.8 Å². The summed E-state index contributed by atoms with van der Waals surface area (Å²) in [5.74, 6) is 0. The molecule has 90 valence electrons. The van der Waals surface area contributed by atoms with E-state index in [0.717, 1.165) is 18.7 Å². The van der Waals surface area contributed by atoms with Crippen LogP contribution in [0.1, 0.15) is 39.5 Å². The summed E-state index contributed by atoms with van der Waals surface area (Å²) in [6.45, 7) is 5.02. The van der Waals surface area contributed by atoms with Gasteiger partial charge in [0.05, 0.1) is 0 Å². The van der Waals surface area contributed by atoms with E-state index < -0.39 is 0 Å². The van der Waals surface area contributed by atoms with Crippen molar-refractivity contribution in [2.24, 2.45) is 0 Å². The number of nitrogens with one attached hydrogen (secondary N) is 1. The molecule has 0 saturated carbocycles. The van der Waals surface area contributed by atoms with Crippen LogP contribution in [0.4, 0.5) is 5.69 Å². The molecular weight excluding hydrogens is 198 g/mol. The Labute approximate surface area is 99.0 Å². The van der Waals surface area contributed by atoms with Crippen molar-refractivity contribution in [3.63, 3.8) is 0 Å². The Balaban J connectivity index is 2.38. The van der Waals surface area contributed by atoms with Crippen molar-refractivity contribution >= 4 is 5.69 Å². The van der Waals surface area contributed by atoms with Crippen LogP contribution in [0.5, 0.6) is 0 Å². The molecule has 1 aromatic carbocycles. The molecule has 0 aliphatic heterocycles. The third-order valence-electron chi connectivity index (χ3n) is 2.54. The minimum atomic E-state index is 0.152. The van der Waals surface area contributed by atoms with Crippen molar-refractivity contribution in [3.8, 4) is 0 Å². The number of para-hydroxylation sites is 1. The minimum Gasteiger partial charge on any atom is -0.360 e. The number of ether oxygens (including phenoxy) is 1. The molecule has 0 heterocycles. The Hall–Kier alpha value is -1.02. The van der Waals surface area contributed by atoms with Crippen LogP contribution in [0.25, 0.3) is 0 Å². The van der Waals surface area contributed by atoms with E-state index >= 15 is 0 Å². The van der Waals surface area contributed by atoms with Gasteiger partial charge in [0.15, 0.2) is 0 Å². The summed E-state index contributed by atoms with van der Waals surface area (Å²) in [6.07, 6.45) is 4.99. The van der Waals surface area contributed by atoms with Crippen molar-refractivity contribution in [1.82, 2.24) is 0 Å². The van der Waals surface area contributed by atoms with Crippen molar-refractivity contribution < 1.29 is 4.74 Å². The van der Waals surface area contributed by atoms with Gasteiger partial charge in [-0.1, -0.05) is 38.0 Å². The number of hydrogen-bond donors (Lipinski definition) is 1. The van der Waals surface area contributed by atoms with Crippen LogP contribution in [0.2, 0.25) is 0 Å². The fraction of sp³-hybridized carbons (Fsp3) is 0.571. The maximum absolute atomic E-state index is 5.68. The van der Waals surface area contributed by atoms with E-state index in [1.165, 1.54) is 19.3 Å². The largest absolute Gasteiger partial charge is 0.360 e. The van der Waals surface area contributed by atoms with E-state index in [2.05, 4.69) is 24.4 Å². The molecule has 0 saturated heterocycles. The Morgan fingerprint density at radius 1 is 1.12 bits per heavy atom. The average molecular weight is 221 g/mol. The molecule has 1 rings (SSSR count). The van der Waals surface area contributed by atoms with Gasteiger partial charge in [-0.2, -0.15) is 0 Å². The van der Waals surface area contributed by atoms with Gasteiger partial charge in [-0.15, -0.1) is 0 Å². The molecule has 1 aromatic rings. The fourth-order valence-corrected chi connectivity index (χ4v) is 1.70. The van der Waals surface area contributed by atoms with Gasteiger partial charge in [-0.3, -0.25) is 0 Å². The van der Waals surface area contributed by atoms with E-state index in [9.17, 15) is 0 Å². The topological polar surface area (TPSA) is 21.3 Å². The zero-order chi connectivity index (χ0) is 11.6. The monoisotopic (exact) mass is 221 g/mol. The van der Waals surface area contributed by atoms with Crippen LogP contribution in [0, 0.1) is 0 Å². The molecule has 1 unspecified atom stereocenters. The third-order valence-corrected chi connectivity index (χ3v) is 2.54. The quantitative estimate of drug-likeness (QED) is 0.528. The van der Waals surface area contributed by atoms with E-state index in [0.29, 0.717) is 0 Å². The number of benzene rings is 1. The summed E-state index contributed by atoms with van der Waals surface area (Å²) in [7, 11) is 0. The lowest BCUT2D eigenvalue weighted by Gasteiger charge is -2.19. The lowest BCUT2D eigenvalue weighted by Crippen LogP contribution is -2.23. The molecule has 0 bridgehead atoms. The molecule has 0 aromatic heterocycles. The van der Waals surface area contributed by atoms with E-state index in [1.807, 2.05) is 25.1 Å². The van der Waals surface area contributed by atoms with Crippen molar-refractivity contribution in [3.05, 3.63) is 30.3 Å². The van der Waals surface area contributed by atoms with E-state index in [-0.39, 0.29) is 6.23 Å². The molecule has 1 N–H and O–H groups in total. The zero-order valence-electron chi connectivity index (χ0n) is 10.4. The van der Waals surface area contributed by atoms with Gasteiger partial charge < -0.3 is 10.1 Å². The average Bonchev–Trinajstić information content (AvgIpc) is 2.31. The predicted molar refractivity (Wildman–Crippen MR) is 69.6 cm³/mol. The zero-order valence-corrected chi connectivity index (χ0v) is 10.4. The third kappa shape index (κ3) is 5.17. The molecule has 1 atom stereocenters. The second kappa shape index (κ2) is 8.17. The van der Waals surface area contributed by atoms with Crippen molar-refractivity contribution in [2.45, 2.75) is 45.8 Å². The first kappa shape index (κ1) is 13.0. The molecule has 0 aliphatic carbocycles. The molecule has 0 aliphatic rings. The summed E-state index contributed by atoms with van der Waals surface area (Å²) in [5, 5.41) is 3.42. The minimum absolute atomic E-state index is 0.152. The van der Waals surface area contributed by atoms with Gasteiger partial charge in [0.1, 0.15) is 6.23 Å². The van der Waals surface area contributed by atoms with Crippen LogP contribution in [0.3, 0.4) is 0 Å². The number of anilines is 1. The first-order valence-electron chi connectivity index (χ1n) is 6.30. The fourth-order valence-electron chi connectivity index (χ4n) is 1.70. The van der Waals surface area contributed by atoms with Gasteiger partial charge in [-0.25, -0.2) is 0 Å². The summed E-state index contributed by atoms with van der Waals surface area (Å²) in [6, 6.07) is 10.3. The standard InChI is InChI=1S/C14H23NO/c1-3-5-7-12-14(16-4-2)15-13-10-8-6-9-11-13/h6,8-11,14-15H,3-5,7,12H2,1-2H3. The highest BCUT2D eigenvalue weighted by Gasteiger charge is 2.06. The van der Waals surface area contributed by atoms with Crippen molar-refractivity contribution in [2.75, 3.05) is 11.9 Å². The summed E-state index contributed by atoms with van der Waals surface area (Å²) >= 11 is 0. The predicted octanol–water partition coefficient (Wildman–Crippen LogP) is 4.04. The van der Waals surface area contributed by atoms with Gasteiger partial charge >= 0.3 is 0 Å². The molecule has 0 radical (unpaired) electrons. The van der Waals surface area contributed by atoms with Gasteiger partial charge in [0.25, 0.3) is 0 Å². The lowest BCUT2D eigenvalue weighted by atomic mass is 10.2. The van der Waals surface area contributed by atoms with Crippen LogP contribution in [0.15, 0.2) is 30.3 Å². The maximum atomic E-state index is 5.68. The highest BCUT2D eigenvalue weighted by molar-refractivity contribution is 5.42. The second-order valence-corrected chi connectivity index (χ2v) is 3.95. The lowest BCUT2D eigenvalue weighted by molar-refractivity contribution is 0.0748. The Bertz CT molecular complexity index is 261. The number of rotatable bonds is 8. The molecule has 0 fully saturated rings. The Morgan fingerprint density at radius 3 is 2.50 bits per heavy atom. The first-order valence-corrected chi connectivity index (χ1v) is 6.30. The molecular formula is C14H23NO. The Kier molecular flexibility index (Phi) is 6.66. The molecule has 2 heteroatoms. The molecule has 16 heavy (non-hydrogen) atoms. The SMILES string of the molecule is CCCCCC(Nc1ccccc1)OCC. The van der Waals surface area contributed by atoms with Crippen LogP contribution < -0.4 is 5.32 Å². The maximum Gasteiger partial charge on any atom is 0.127 e. The smallest absolute Gasteiger partial charge is 0.127 e. The highest BCUT2D eigenvalue weighted by Crippen LogP contribution is 2.12. The van der Waals surface area contributed by atoms with Gasteiger partial charge in [0.2, 0.25) is 0 Å². The second-order valence-electron chi connectivity index (χ2n) is 3.95. The highest BCUT2D eigenvalue weighted by atomic mass is 16.5. The van der Waals surface area contributed by atoms with Gasteiger partial charge in [-0.05, 0) is 31.9 Å². The summed E-state index contributed by atoms with van der Waals surface area (Å²) in [4.78, 5) is 0. The summed E-state index contributed by atoms with van der Waals surface area (Å²) < 4.78 is 5.68.